The maximum absolute atomic E-state index is 13.5. The number of para-hydroxylation sites is 1. The molecule has 0 atom stereocenters. The number of thiazole rings is 1. The molecule has 0 aliphatic rings. The van der Waals surface area contributed by atoms with Gasteiger partial charge in [-0.2, -0.15) is 0 Å². The quantitative estimate of drug-likeness (QED) is 0.531. The number of benzene rings is 2. The molecule has 0 aliphatic heterocycles. The monoisotopic (exact) mass is 433 g/mol. The third-order valence-electron chi connectivity index (χ3n) is 3.76. The van der Waals surface area contributed by atoms with Gasteiger partial charge in [-0.05, 0) is 30.3 Å². The van der Waals surface area contributed by atoms with E-state index in [0.717, 1.165) is 0 Å². The normalized spacial score (nSPS) is 10.4. The molecule has 0 radical (unpaired) electrons. The fourth-order valence-electron chi connectivity index (χ4n) is 2.36. The van der Waals surface area contributed by atoms with Gasteiger partial charge in [-0.3, -0.25) is 9.59 Å². The summed E-state index contributed by atoms with van der Waals surface area (Å²) >= 11 is 7.10. The van der Waals surface area contributed by atoms with E-state index in [1.165, 1.54) is 23.5 Å². The number of rotatable bonds is 8. The van der Waals surface area contributed by atoms with Crippen molar-refractivity contribution < 1.29 is 18.7 Å². The Balaban J connectivity index is 1.42. The van der Waals surface area contributed by atoms with Crippen LogP contribution in [-0.2, 0) is 6.61 Å². The molecule has 6 nitrogen and oxygen atoms in total. The fraction of sp³-hybridized carbons (Fsp3) is 0.150. The zero-order chi connectivity index (χ0) is 20.6. The lowest BCUT2D eigenvalue weighted by Gasteiger charge is -2.06. The van der Waals surface area contributed by atoms with Crippen LogP contribution in [-0.4, -0.2) is 29.9 Å². The fourth-order valence-corrected chi connectivity index (χ4v) is 3.23. The second-order valence-electron chi connectivity index (χ2n) is 5.87. The highest BCUT2D eigenvalue weighted by Crippen LogP contribution is 2.18. The van der Waals surface area contributed by atoms with Crippen LogP contribution in [0.2, 0.25) is 5.02 Å². The summed E-state index contributed by atoms with van der Waals surface area (Å²) in [6, 6.07) is 12.7. The van der Waals surface area contributed by atoms with Crippen LogP contribution in [0.4, 0.5) is 4.39 Å². The minimum atomic E-state index is -0.457. The van der Waals surface area contributed by atoms with Crippen molar-refractivity contribution in [2.75, 3.05) is 13.1 Å². The SMILES string of the molecule is O=C(NCCNC(=O)c1csc(COc2ccccc2F)n1)c1cccc(Cl)c1. The number of nitrogens with one attached hydrogen (secondary N) is 2. The molecule has 2 aromatic carbocycles. The first kappa shape index (κ1) is 20.8. The first-order chi connectivity index (χ1) is 14.0. The molecule has 29 heavy (non-hydrogen) atoms. The number of aromatic nitrogens is 1. The van der Waals surface area contributed by atoms with Gasteiger partial charge >= 0.3 is 0 Å². The Morgan fingerprint density at radius 1 is 1.07 bits per heavy atom. The van der Waals surface area contributed by atoms with Crippen molar-refractivity contribution in [2.45, 2.75) is 6.61 Å². The van der Waals surface area contributed by atoms with Crippen LogP contribution in [0.15, 0.2) is 53.9 Å². The van der Waals surface area contributed by atoms with Crippen molar-refractivity contribution in [3.8, 4) is 5.75 Å². The number of carbonyl (C=O) groups excluding carboxylic acids is 2. The smallest absolute Gasteiger partial charge is 0.270 e. The van der Waals surface area contributed by atoms with E-state index in [0.29, 0.717) is 15.6 Å². The Kier molecular flexibility index (Phi) is 7.15. The molecule has 3 rings (SSSR count). The first-order valence-corrected chi connectivity index (χ1v) is 9.92. The predicted octanol–water partition coefficient (Wildman–Crippen LogP) is 3.67. The molecule has 150 valence electrons. The highest BCUT2D eigenvalue weighted by atomic mass is 35.5. The van der Waals surface area contributed by atoms with E-state index >= 15 is 0 Å². The lowest BCUT2D eigenvalue weighted by Crippen LogP contribution is -2.34. The van der Waals surface area contributed by atoms with E-state index in [4.69, 9.17) is 16.3 Å². The minimum absolute atomic E-state index is 0.0641. The second-order valence-corrected chi connectivity index (χ2v) is 7.25. The Hall–Kier alpha value is -2.97. The molecule has 0 spiro atoms. The Morgan fingerprint density at radius 3 is 2.59 bits per heavy atom. The molecule has 0 unspecified atom stereocenters. The van der Waals surface area contributed by atoms with Gasteiger partial charge in [-0.1, -0.05) is 29.8 Å². The summed E-state index contributed by atoms with van der Waals surface area (Å²) in [4.78, 5) is 28.3. The van der Waals surface area contributed by atoms with E-state index in [1.807, 2.05) is 0 Å². The Labute approximate surface area is 175 Å². The Morgan fingerprint density at radius 2 is 1.83 bits per heavy atom. The molecular formula is C20H17ClFN3O3S. The zero-order valence-corrected chi connectivity index (χ0v) is 16.7. The zero-order valence-electron chi connectivity index (χ0n) is 15.2. The molecule has 9 heteroatoms. The van der Waals surface area contributed by atoms with Gasteiger partial charge in [0.25, 0.3) is 11.8 Å². The second kappa shape index (κ2) is 9.99. The standard InChI is InChI=1S/C20H17ClFN3O3S/c21-14-5-3-4-13(10-14)19(26)23-8-9-24-20(27)16-12-29-18(25-16)11-28-17-7-2-1-6-15(17)22/h1-7,10,12H,8-9,11H2,(H,23,26)(H,24,27). The summed E-state index contributed by atoms with van der Waals surface area (Å²) < 4.78 is 18.9. The summed E-state index contributed by atoms with van der Waals surface area (Å²) in [5.74, 6) is -0.968. The van der Waals surface area contributed by atoms with Crippen molar-refractivity contribution in [1.29, 1.82) is 0 Å². The number of amides is 2. The van der Waals surface area contributed by atoms with E-state index in [9.17, 15) is 14.0 Å². The minimum Gasteiger partial charge on any atom is -0.483 e. The largest absolute Gasteiger partial charge is 0.483 e. The lowest BCUT2D eigenvalue weighted by atomic mass is 10.2. The molecular weight excluding hydrogens is 417 g/mol. The van der Waals surface area contributed by atoms with Gasteiger partial charge in [0.05, 0.1) is 0 Å². The van der Waals surface area contributed by atoms with Crippen molar-refractivity contribution in [3.63, 3.8) is 0 Å². The average Bonchev–Trinajstić information content (AvgIpc) is 3.19. The van der Waals surface area contributed by atoms with Crippen molar-refractivity contribution in [3.05, 3.63) is 81.0 Å². The van der Waals surface area contributed by atoms with Crippen LogP contribution < -0.4 is 15.4 Å². The van der Waals surface area contributed by atoms with Gasteiger partial charge in [0.2, 0.25) is 0 Å². The maximum Gasteiger partial charge on any atom is 0.270 e. The molecule has 0 saturated carbocycles. The highest BCUT2D eigenvalue weighted by molar-refractivity contribution is 7.09. The van der Waals surface area contributed by atoms with Gasteiger partial charge in [-0.15, -0.1) is 11.3 Å². The molecule has 2 amide bonds. The van der Waals surface area contributed by atoms with Crippen molar-refractivity contribution >= 4 is 34.8 Å². The van der Waals surface area contributed by atoms with Gasteiger partial charge in [0.15, 0.2) is 11.6 Å². The van der Waals surface area contributed by atoms with Crippen LogP contribution >= 0.6 is 22.9 Å². The summed E-state index contributed by atoms with van der Waals surface area (Å²) in [6.07, 6.45) is 0. The highest BCUT2D eigenvalue weighted by Gasteiger charge is 2.12. The molecule has 2 N–H and O–H groups in total. The Bertz CT molecular complexity index is 1010. The van der Waals surface area contributed by atoms with Crippen LogP contribution in [0.3, 0.4) is 0 Å². The van der Waals surface area contributed by atoms with Crippen LogP contribution in [0, 0.1) is 5.82 Å². The van der Waals surface area contributed by atoms with E-state index in [1.54, 1.807) is 41.8 Å². The molecule has 3 aromatic rings. The number of hydrogen-bond acceptors (Lipinski definition) is 5. The van der Waals surface area contributed by atoms with Crippen LogP contribution in [0.1, 0.15) is 25.9 Å². The van der Waals surface area contributed by atoms with Gasteiger partial charge < -0.3 is 15.4 Å². The van der Waals surface area contributed by atoms with Gasteiger partial charge in [0.1, 0.15) is 17.3 Å². The van der Waals surface area contributed by atoms with Crippen molar-refractivity contribution in [1.82, 2.24) is 15.6 Å². The van der Waals surface area contributed by atoms with Gasteiger partial charge in [0, 0.05) is 29.1 Å². The molecule has 1 aromatic heterocycles. The summed E-state index contributed by atoms with van der Waals surface area (Å²) in [5.41, 5.74) is 0.686. The number of ether oxygens (including phenoxy) is 1. The molecule has 0 bridgehead atoms. The predicted molar refractivity (Wildman–Crippen MR) is 109 cm³/mol. The number of hydrogen-bond donors (Lipinski definition) is 2. The van der Waals surface area contributed by atoms with E-state index in [-0.39, 0.29) is 43.0 Å². The van der Waals surface area contributed by atoms with Crippen LogP contribution in [0.5, 0.6) is 5.75 Å². The topological polar surface area (TPSA) is 80.3 Å². The molecule has 1 heterocycles. The van der Waals surface area contributed by atoms with Crippen molar-refractivity contribution in [2.24, 2.45) is 0 Å². The summed E-state index contributed by atoms with van der Waals surface area (Å²) in [6.45, 7) is 0.558. The number of nitrogens with zero attached hydrogens (tertiary/aromatic N) is 1. The molecule has 0 fully saturated rings. The number of halogens is 2. The maximum atomic E-state index is 13.5. The number of carbonyl (C=O) groups is 2. The lowest BCUT2D eigenvalue weighted by molar-refractivity contribution is 0.0925. The van der Waals surface area contributed by atoms with Crippen LogP contribution in [0.25, 0.3) is 0 Å². The average molecular weight is 434 g/mol. The third kappa shape index (κ3) is 6.00. The van der Waals surface area contributed by atoms with E-state index < -0.39 is 5.82 Å². The summed E-state index contributed by atoms with van der Waals surface area (Å²) in [5, 5.41) is 8.00. The van der Waals surface area contributed by atoms with E-state index in [2.05, 4.69) is 15.6 Å². The van der Waals surface area contributed by atoms with Gasteiger partial charge in [-0.25, -0.2) is 9.37 Å². The first-order valence-electron chi connectivity index (χ1n) is 8.66. The third-order valence-corrected chi connectivity index (χ3v) is 4.81. The summed E-state index contributed by atoms with van der Waals surface area (Å²) in [7, 11) is 0. The molecule has 0 aliphatic carbocycles. The molecule has 0 saturated heterocycles.